The van der Waals surface area contributed by atoms with Gasteiger partial charge in [-0.05, 0) is 42.5 Å². The third kappa shape index (κ3) is 4.19. The zero-order valence-corrected chi connectivity index (χ0v) is 13.8. The number of nitrogens with one attached hydrogen (secondary N) is 2. The third-order valence-corrected chi connectivity index (χ3v) is 3.83. The van der Waals surface area contributed by atoms with Crippen LogP contribution in [0, 0.1) is 5.82 Å². The van der Waals surface area contributed by atoms with E-state index < -0.39 is 5.82 Å². The number of carbonyl (C=O) groups is 1. The molecule has 0 aliphatic rings. The molecule has 2 aromatic carbocycles. The minimum atomic E-state index is -0.423. The molecular formula is C17H15ClFN3O3. The standard InChI is InChI=1S/C17H15ClFN3O3/c18-11-1-4-13(5-2-11)25-10-16(23)20-7-8-22-15-6-3-12(19)9-14(15)21-17(22)24/h1-6,9H,7-8,10H2,(H,20,23)(H,21,24). The number of aromatic amines is 1. The molecule has 0 atom stereocenters. The Balaban J connectivity index is 1.52. The number of fused-ring (bicyclic) bond motifs is 1. The molecule has 0 aliphatic heterocycles. The van der Waals surface area contributed by atoms with Gasteiger partial charge >= 0.3 is 5.69 Å². The second kappa shape index (κ2) is 7.40. The molecule has 2 N–H and O–H groups in total. The van der Waals surface area contributed by atoms with E-state index in [1.54, 1.807) is 24.3 Å². The maximum absolute atomic E-state index is 13.2. The van der Waals surface area contributed by atoms with Crippen LogP contribution in [0.2, 0.25) is 5.02 Å². The molecule has 130 valence electrons. The predicted molar refractivity (Wildman–Crippen MR) is 92.5 cm³/mol. The Morgan fingerprint density at radius 2 is 2.00 bits per heavy atom. The van der Waals surface area contributed by atoms with Gasteiger partial charge in [0, 0.05) is 18.1 Å². The van der Waals surface area contributed by atoms with Gasteiger partial charge in [-0.15, -0.1) is 0 Å². The van der Waals surface area contributed by atoms with Crippen molar-refractivity contribution in [3.63, 3.8) is 0 Å². The van der Waals surface area contributed by atoms with Crippen LogP contribution in [-0.4, -0.2) is 28.6 Å². The molecule has 0 saturated carbocycles. The van der Waals surface area contributed by atoms with Gasteiger partial charge in [-0.25, -0.2) is 9.18 Å². The number of aromatic nitrogens is 2. The maximum atomic E-state index is 13.2. The first-order chi connectivity index (χ1) is 12.0. The summed E-state index contributed by atoms with van der Waals surface area (Å²) in [5.41, 5.74) is 0.646. The lowest BCUT2D eigenvalue weighted by molar-refractivity contribution is -0.123. The number of amides is 1. The van der Waals surface area contributed by atoms with Gasteiger partial charge < -0.3 is 15.0 Å². The number of nitrogens with zero attached hydrogens (tertiary/aromatic N) is 1. The Hall–Kier alpha value is -2.80. The Labute approximate surface area is 147 Å². The van der Waals surface area contributed by atoms with Crippen LogP contribution >= 0.6 is 11.6 Å². The van der Waals surface area contributed by atoms with Crippen LogP contribution in [0.25, 0.3) is 11.0 Å². The molecule has 0 spiro atoms. The minimum Gasteiger partial charge on any atom is -0.484 e. The van der Waals surface area contributed by atoms with E-state index in [2.05, 4.69) is 10.3 Å². The van der Waals surface area contributed by atoms with E-state index >= 15 is 0 Å². The van der Waals surface area contributed by atoms with E-state index in [9.17, 15) is 14.0 Å². The van der Waals surface area contributed by atoms with Crippen molar-refractivity contribution in [3.8, 4) is 5.75 Å². The fraction of sp³-hybridized carbons (Fsp3) is 0.176. The molecule has 1 amide bonds. The summed E-state index contributed by atoms with van der Waals surface area (Å²) in [5.74, 6) is -0.197. The number of halogens is 2. The molecule has 6 nitrogen and oxygen atoms in total. The van der Waals surface area contributed by atoms with Crippen molar-refractivity contribution in [1.82, 2.24) is 14.9 Å². The summed E-state index contributed by atoms with van der Waals surface area (Å²) >= 11 is 5.77. The van der Waals surface area contributed by atoms with E-state index in [4.69, 9.17) is 16.3 Å². The number of rotatable bonds is 6. The van der Waals surface area contributed by atoms with Crippen molar-refractivity contribution >= 4 is 28.5 Å². The Morgan fingerprint density at radius 3 is 2.76 bits per heavy atom. The summed E-state index contributed by atoms with van der Waals surface area (Å²) in [5, 5.41) is 3.25. The molecule has 0 fully saturated rings. The molecule has 3 aromatic rings. The molecule has 0 radical (unpaired) electrons. The van der Waals surface area contributed by atoms with Crippen LogP contribution in [-0.2, 0) is 11.3 Å². The summed E-state index contributed by atoms with van der Waals surface area (Å²) < 4.78 is 19.9. The highest BCUT2D eigenvalue weighted by Gasteiger charge is 2.08. The van der Waals surface area contributed by atoms with Gasteiger partial charge in [-0.2, -0.15) is 0 Å². The highest BCUT2D eigenvalue weighted by molar-refractivity contribution is 6.30. The lowest BCUT2D eigenvalue weighted by atomic mass is 10.3. The van der Waals surface area contributed by atoms with E-state index in [1.807, 2.05) is 0 Å². The largest absolute Gasteiger partial charge is 0.484 e. The molecule has 0 bridgehead atoms. The molecule has 25 heavy (non-hydrogen) atoms. The number of imidazole rings is 1. The van der Waals surface area contributed by atoms with Crippen LogP contribution in [0.1, 0.15) is 0 Å². The second-order valence-corrected chi connectivity index (χ2v) is 5.77. The summed E-state index contributed by atoms with van der Waals surface area (Å²) in [6.07, 6.45) is 0. The molecule has 0 unspecified atom stereocenters. The first kappa shape index (κ1) is 17.0. The van der Waals surface area contributed by atoms with Crippen molar-refractivity contribution in [2.24, 2.45) is 0 Å². The fourth-order valence-electron chi connectivity index (χ4n) is 2.40. The molecule has 0 saturated heterocycles. The molecule has 0 aliphatic carbocycles. The van der Waals surface area contributed by atoms with Crippen LogP contribution in [0.15, 0.2) is 47.3 Å². The van der Waals surface area contributed by atoms with Crippen molar-refractivity contribution in [1.29, 1.82) is 0 Å². The van der Waals surface area contributed by atoms with Gasteiger partial charge in [0.15, 0.2) is 6.61 Å². The number of ether oxygens (including phenoxy) is 1. The van der Waals surface area contributed by atoms with Gasteiger partial charge in [0.25, 0.3) is 5.91 Å². The Bertz CT molecular complexity index is 950. The number of carbonyl (C=O) groups excluding carboxylic acids is 1. The quantitative estimate of drug-likeness (QED) is 0.705. The van der Waals surface area contributed by atoms with Crippen LogP contribution in [0.3, 0.4) is 0 Å². The van der Waals surface area contributed by atoms with E-state index in [0.717, 1.165) is 0 Å². The minimum absolute atomic E-state index is 0.143. The summed E-state index contributed by atoms with van der Waals surface area (Å²) in [6.45, 7) is 0.361. The lowest BCUT2D eigenvalue weighted by Gasteiger charge is -2.08. The van der Waals surface area contributed by atoms with Crippen molar-refractivity contribution < 1.29 is 13.9 Å². The Morgan fingerprint density at radius 1 is 1.24 bits per heavy atom. The predicted octanol–water partition coefficient (Wildman–Crippen LogP) is 2.32. The summed E-state index contributed by atoms with van der Waals surface area (Å²) in [7, 11) is 0. The second-order valence-electron chi connectivity index (χ2n) is 5.34. The van der Waals surface area contributed by atoms with E-state index in [1.165, 1.54) is 22.8 Å². The Kier molecular flexibility index (Phi) is 5.04. The highest BCUT2D eigenvalue weighted by Crippen LogP contribution is 2.15. The highest BCUT2D eigenvalue weighted by atomic mass is 35.5. The molecule has 1 aromatic heterocycles. The summed E-state index contributed by atoms with van der Waals surface area (Å²) in [4.78, 5) is 26.3. The first-order valence-electron chi connectivity index (χ1n) is 7.56. The maximum Gasteiger partial charge on any atom is 0.326 e. The fourth-order valence-corrected chi connectivity index (χ4v) is 2.52. The van der Waals surface area contributed by atoms with Crippen LogP contribution < -0.4 is 15.7 Å². The van der Waals surface area contributed by atoms with E-state index in [0.29, 0.717) is 21.8 Å². The van der Waals surface area contributed by atoms with Gasteiger partial charge in [-0.1, -0.05) is 11.6 Å². The lowest BCUT2D eigenvalue weighted by Crippen LogP contribution is -2.33. The number of benzene rings is 2. The van der Waals surface area contributed by atoms with Gasteiger partial charge in [0.2, 0.25) is 0 Å². The van der Waals surface area contributed by atoms with Crippen LogP contribution in [0.5, 0.6) is 5.75 Å². The van der Waals surface area contributed by atoms with Gasteiger partial charge in [0.1, 0.15) is 11.6 Å². The monoisotopic (exact) mass is 363 g/mol. The average Bonchev–Trinajstić information content (AvgIpc) is 2.89. The molecule has 1 heterocycles. The van der Waals surface area contributed by atoms with E-state index in [-0.39, 0.29) is 31.3 Å². The normalized spacial score (nSPS) is 10.8. The van der Waals surface area contributed by atoms with Crippen molar-refractivity contribution in [3.05, 3.63) is 63.8 Å². The third-order valence-electron chi connectivity index (χ3n) is 3.58. The first-order valence-corrected chi connectivity index (χ1v) is 7.94. The molecule has 3 rings (SSSR count). The zero-order chi connectivity index (χ0) is 17.8. The average molecular weight is 364 g/mol. The van der Waals surface area contributed by atoms with Gasteiger partial charge in [0.05, 0.1) is 11.0 Å². The van der Waals surface area contributed by atoms with Crippen molar-refractivity contribution in [2.75, 3.05) is 13.2 Å². The summed E-state index contributed by atoms with van der Waals surface area (Å²) in [6, 6.07) is 10.7. The number of H-pyrrole nitrogens is 1. The number of hydrogen-bond donors (Lipinski definition) is 2. The smallest absolute Gasteiger partial charge is 0.326 e. The van der Waals surface area contributed by atoms with Crippen molar-refractivity contribution in [2.45, 2.75) is 6.54 Å². The van der Waals surface area contributed by atoms with Gasteiger partial charge in [-0.3, -0.25) is 9.36 Å². The zero-order valence-electron chi connectivity index (χ0n) is 13.1. The SMILES string of the molecule is O=C(COc1ccc(Cl)cc1)NCCn1c(=O)[nH]c2cc(F)ccc21. The van der Waals surface area contributed by atoms with Crippen LogP contribution in [0.4, 0.5) is 4.39 Å². The topological polar surface area (TPSA) is 76.1 Å². The molecular weight excluding hydrogens is 349 g/mol. The number of hydrogen-bond acceptors (Lipinski definition) is 3. The molecule has 8 heteroatoms.